The van der Waals surface area contributed by atoms with Gasteiger partial charge in [-0.25, -0.2) is 9.97 Å². The number of carboxylic acid groups (broad SMARTS) is 1. The Labute approximate surface area is 156 Å². The van der Waals surface area contributed by atoms with Crippen molar-refractivity contribution in [3.8, 4) is 5.75 Å². The Hall–Kier alpha value is -2.61. The number of hydrogen-bond donors (Lipinski definition) is 2. The number of ether oxygens (including phenoxy) is 1. The van der Waals surface area contributed by atoms with Gasteiger partial charge in [0.2, 0.25) is 5.91 Å². The van der Waals surface area contributed by atoms with Gasteiger partial charge in [0.1, 0.15) is 5.75 Å². The fraction of sp³-hybridized carbons (Fsp3) is 0.333. The number of aromatic nitrogens is 2. The summed E-state index contributed by atoms with van der Waals surface area (Å²) in [5.41, 5.74) is 2.41. The molecule has 0 radical (unpaired) electrons. The highest BCUT2D eigenvalue weighted by Gasteiger charge is 2.07. The molecule has 8 heteroatoms. The van der Waals surface area contributed by atoms with Crippen molar-refractivity contribution in [1.29, 1.82) is 0 Å². The van der Waals surface area contributed by atoms with E-state index in [4.69, 9.17) is 9.84 Å². The van der Waals surface area contributed by atoms with Gasteiger partial charge in [0.15, 0.2) is 5.16 Å². The average molecular weight is 375 g/mol. The Kier molecular flexibility index (Phi) is 7.40. The van der Waals surface area contributed by atoms with E-state index in [1.807, 2.05) is 19.9 Å². The second kappa shape index (κ2) is 9.76. The van der Waals surface area contributed by atoms with E-state index in [1.165, 1.54) is 11.8 Å². The molecule has 0 fully saturated rings. The third-order valence-corrected chi connectivity index (χ3v) is 4.08. The van der Waals surface area contributed by atoms with E-state index in [1.54, 1.807) is 24.3 Å². The normalized spacial score (nSPS) is 10.4. The van der Waals surface area contributed by atoms with Crippen LogP contribution in [0.5, 0.6) is 5.75 Å². The number of nitrogens with one attached hydrogen (secondary N) is 1. The fourth-order valence-electron chi connectivity index (χ4n) is 2.13. The number of anilines is 1. The Morgan fingerprint density at radius 3 is 2.42 bits per heavy atom. The molecule has 1 amide bonds. The summed E-state index contributed by atoms with van der Waals surface area (Å²) in [6.07, 6.45) is 0.529. The van der Waals surface area contributed by atoms with Gasteiger partial charge in [-0.3, -0.25) is 9.59 Å². The first-order chi connectivity index (χ1) is 12.4. The Morgan fingerprint density at radius 2 is 1.81 bits per heavy atom. The van der Waals surface area contributed by atoms with E-state index in [0.717, 1.165) is 11.4 Å². The summed E-state index contributed by atoms with van der Waals surface area (Å²) in [4.78, 5) is 31.0. The first-order valence-corrected chi connectivity index (χ1v) is 9.10. The lowest BCUT2D eigenvalue weighted by molar-refractivity contribution is -0.137. The molecule has 138 valence electrons. The smallest absolute Gasteiger partial charge is 0.303 e. The molecule has 2 rings (SSSR count). The van der Waals surface area contributed by atoms with Crippen molar-refractivity contribution < 1.29 is 19.4 Å². The summed E-state index contributed by atoms with van der Waals surface area (Å²) in [5.74, 6) is -0.133. The number of thioether (sulfide) groups is 1. The van der Waals surface area contributed by atoms with Gasteiger partial charge >= 0.3 is 5.97 Å². The molecule has 2 aromatic rings. The van der Waals surface area contributed by atoms with Crippen molar-refractivity contribution in [3.63, 3.8) is 0 Å². The van der Waals surface area contributed by atoms with Crippen LogP contribution in [0.4, 0.5) is 5.69 Å². The van der Waals surface area contributed by atoms with Crippen molar-refractivity contribution in [3.05, 3.63) is 41.7 Å². The summed E-state index contributed by atoms with van der Waals surface area (Å²) in [6.45, 7) is 4.12. The zero-order valence-corrected chi connectivity index (χ0v) is 15.5. The molecule has 2 N–H and O–H groups in total. The van der Waals surface area contributed by atoms with Crippen molar-refractivity contribution in [1.82, 2.24) is 9.97 Å². The average Bonchev–Trinajstić information content (AvgIpc) is 2.57. The molecule has 0 unspecified atom stereocenters. The van der Waals surface area contributed by atoms with Gasteiger partial charge in [-0.15, -0.1) is 0 Å². The molecular weight excluding hydrogens is 354 g/mol. The van der Waals surface area contributed by atoms with E-state index in [0.29, 0.717) is 29.6 Å². The highest BCUT2D eigenvalue weighted by Crippen LogP contribution is 2.18. The molecule has 0 aliphatic heterocycles. The largest absolute Gasteiger partial charge is 0.494 e. The number of carbonyl (C=O) groups is 2. The van der Waals surface area contributed by atoms with Crippen LogP contribution in [0.3, 0.4) is 0 Å². The minimum atomic E-state index is -0.837. The highest BCUT2D eigenvalue weighted by atomic mass is 32.2. The van der Waals surface area contributed by atoms with Crippen LogP contribution in [-0.2, 0) is 9.59 Å². The van der Waals surface area contributed by atoms with Gasteiger partial charge in [-0.05, 0) is 50.6 Å². The predicted molar refractivity (Wildman–Crippen MR) is 99.7 cm³/mol. The van der Waals surface area contributed by atoms with Crippen LogP contribution in [0.1, 0.15) is 24.2 Å². The SMILES string of the molecule is Cc1cc(C)nc(SCC(=O)Nc2ccc(OCCCC(=O)O)cc2)n1. The number of rotatable bonds is 9. The van der Waals surface area contributed by atoms with Crippen LogP contribution in [0.25, 0.3) is 0 Å². The van der Waals surface area contributed by atoms with Crippen LogP contribution in [0.2, 0.25) is 0 Å². The lowest BCUT2D eigenvalue weighted by Gasteiger charge is -2.08. The summed E-state index contributed by atoms with van der Waals surface area (Å²) in [5, 5.41) is 12.0. The van der Waals surface area contributed by atoms with E-state index >= 15 is 0 Å². The standard InChI is InChI=1S/C18H21N3O4S/c1-12-10-13(2)20-18(19-12)26-11-16(22)21-14-5-7-15(8-6-14)25-9-3-4-17(23)24/h5-8,10H,3-4,9,11H2,1-2H3,(H,21,22)(H,23,24). The second-order valence-electron chi connectivity index (χ2n) is 5.64. The fourth-order valence-corrected chi connectivity index (χ4v) is 2.88. The summed E-state index contributed by atoms with van der Waals surface area (Å²) < 4.78 is 5.45. The van der Waals surface area contributed by atoms with Crippen molar-refractivity contribution in [2.75, 3.05) is 17.7 Å². The maximum absolute atomic E-state index is 12.0. The molecule has 1 aromatic carbocycles. The number of nitrogens with zero attached hydrogens (tertiary/aromatic N) is 2. The minimum Gasteiger partial charge on any atom is -0.494 e. The summed E-state index contributed by atoms with van der Waals surface area (Å²) in [6, 6.07) is 8.83. The van der Waals surface area contributed by atoms with E-state index in [2.05, 4.69) is 15.3 Å². The van der Waals surface area contributed by atoms with Crippen molar-refractivity contribution in [2.24, 2.45) is 0 Å². The molecule has 0 bridgehead atoms. The monoisotopic (exact) mass is 375 g/mol. The van der Waals surface area contributed by atoms with E-state index in [-0.39, 0.29) is 18.1 Å². The van der Waals surface area contributed by atoms with Gasteiger partial charge < -0.3 is 15.2 Å². The molecular formula is C18H21N3O4S. The number of hydrogen-bond acceptors (Lipinski definition) is 6. The Morgan fingerprint density at radius 1 is 1.15 bits per heavy atom. The van der Waals surface area contributed by atoms with E-state index < -0.39 is 5.97 Å². The maximum atomic E-state index is 12.0. The molecule has 26 heavy (non-hydrogen) atoms. The molecule has 1 aromatic heterocycles. The van der Waals surface area contributed by atoms with Gasteiger partial charge in [0, 0.05) is 23.5 Å². The van der Waals surface area contributed by atoms with E-state index in [9.17, 15) is 9.59 Å². The third kappa shape index (κ3) is 7.10. The predicted octanol–water partition coefficient (Wildman–Crippen LogP) is 3.07. The zero-order chi connectivity index (χ0) is 18.9. The number of carbonyl (C=O) groups excluding carboxylic acids is 1. The lowest BCUT2D eigenvalue weighted by Crippen LogP contribution is -2.14. The highest BCUT2D eigenvalue weighted by molar-refractivity contribution is 7.99. The van der Waals surface area contributed by atoms with Crippen molar-refractivity contribution >= 4 is 29.3 Å². The Balaban J connectivity index is 1.77. The first-order valence-electron chi connectivity index (χ1n) is 8.12. The molecule has 0 aliphatic rings. The molecule has 1 heterocycles. The van der Waals surface area contributed by atoms with Crippen LogP contribution in [-0.4, -0.2) is 39.3 Å². The second-order valence-corrected chi connectivity index (χ2v) is 6.58. The molecule has 0 spiro atoms. The Bertz CT molecular complexity index is 745. The molecule has 0 atom stereocenters. The van der Waals surface area contributed by atoms with Crippen LogP contribution in [0, 0.1) is 13.8 Å². The molecule has 0 aliphatic carbocycles. The zero-order valence-electron chi connectivity index (χ0n) is 14.7. The molecule has 7 nitrogen and oxygen atoms in total. The molecule has 0 saturated carbocycles. The number of amides is 1. The van der Waals surface area contributed by atoms with Crippen LogP contribution in [0.15, 0.2) is 35.5 Å². The van der Waals surface area contributed by atoms with Gasteiger partial charge in [0.25, 0.3) is 0 Å². The van der Waals surface area contributed by atoms with Gasteiger partial charge in [-0.2, -0.15) is 0 Å². The topological polar surface area (TPSA) is 101 Å². The summed E-state index contributed by atoms with van der Waals surface area (Å²) >= 11 is 1.29. The van der Waals surface area contributed by atoms with Crippen molar-refractivity contribution in [2.45, 2.75) is 31.8 Å². The summed E-state index contributed by atoms with van der Waals surface area (Å²) in [7, 11) is 0. The number of aliphatic carboxylic acids is 1. The number of benzene rings is 1. The van der Waals surface area contributed by atoms with Crippen LogP contribution >= 0.6 is 11.8 Å². The van der Waals surface area contributed by atoms with Gasteiger partial charge in [-0.1, -0.05) is 11.8 Å². The third-order valence-electron chi connectivity index (χ3n) is 3.24. The molecule has 0 saturated heterocycles. The maximum Gasteiger partial charge on any atom is 0.303 e. The quantitative estimate of drug-likeness (QED) is 0.394. The van der Waals surface area contributed by atoms with Crippen LogP contribution < -0.4 is 10.1 Å². The number of aryl methyl sites for hydroxylation is 2. The first kappa shape index (κ1) is 19.7. The lowest BCUT2D eigenvalue weighted by atomic mass is 10.3. The minimum absolute atomic E-state index is 0.0794. The van der Waals surface area contributed by atoms with Gasteiger partial charge in [0.05, 0.1) is 12.4 Å². The number of carboxylic acids is 1.